The van der Waals surface area contributed by atoms with Crippen molar-refractivity contribution in [3.63, 3.8) is 0 Å². The highest BCUT2D eigenvalue weighted by atomic mass is 35.5. The number of amides is 2. The molecule has 1 aliphatic rings. The molecule has 2 amide bonds. The normalized spacial score (nSPS) is 19.4. The van der Waals surface area contributed by atoms with Crippen molar-refractivity contribution >= 4 is 42.2 Å². The Balaban J connectivity index is 1.77. The lowest BCUT2D eigenvalue weighted by molar-refractivity contribution is -0.126. The van der Waals surface area contributed by atoms with Crippen molar-refractivity contribution in [2.45, 2.75) is 58.5 Å². The molecule has 0 unspecified atom stereocenters. The third kappa shape index (κ3) is 8.07. The van der Waals surface area contributed by atoms with Gasteiger partial charge >= 0.3 is 0 Å². The maximum atomic E-state index is 12.7. The Hall–Kier alpha value is -3.39. The van der Waals surface area contributed by atoms with Gasteiger partial charge in [0.05, 0.1) is 12.1 Å². The Bertz CT molecular complexity index is 1170. The number of hydrogen-bond donors (Lipinski definition) is 2. The molecule has 8 nitrogen and oxygen atoms in total. The van der Waals surface area contributed by atoms with E-state index in [-0.39, 0.29) is 23.4 Å². The molecule has 3 rings (SSSR count). The first-order valence-corrected chi connectivity index (χ1v) is 14.1. The molecule has 0 heterocycles. The van der Waals surface area contributed by atoms with Gasteiger partial charge in [0, 0.05) is 50.2 Å². The molecule has 2 aromatic carbocycles. The summed E-state index contributed by atoms with van der Waals surface area (Å²) >= 11 is 6.13. The van der Waals surface area contributed by atoms with Gasteiger partial charge in [-0.15, -0.1) is 0 Å². The van der Waals surface area contributed by atoms with Gasteiger partial charge in [-0.25, -0.2) is 0 Å². The molecule has 2 N–H and O–H groups in total. The maximum absolute atomic E-state index is 12.7. The number of nitrogens with zero attached hydrogens (tertiary/aromatic N) is 4. The number of hydrazone groups is 1. The summed E-state index contributed by atoms with van der Waals surface area (Å²) in [5, 5.41) is 7.10. The summed E-state index contributed by atoms with van der Waals surface area (Å²) < 4.78 is 0. The van der Waals surface area contributed by atoms with Crippen molar-refractivity contribution in [2.24, 2.45) is 21.4 Å². The number of rotatable bonds is 11. The van der Waals surface area contributed by atoms with E-state index in [0.717, 1.165) is 49.9 Å². The fourth-order valence-electron chi connectivity index (χ4n) is 5.59. The smallest absolute Gasteiger partial charge is 0.251 e. The second kappa shape index (κ2) is 13.8. The molecule has 0 radical (unpaired) electrons. The average Bonchev–Trinajstić information content (AvgIpc) is 2.94. The Morgan fingerprint density at radius 2 is 1.75 bits per heavy atom. The first-order chi connectivity index (χ1) is 19.0. The molecule has 2 aromatic rings. The quantitative estimate of drug-likeness (QED) is 0.165. The molecule has 216 valence electrons. The molecule has 0 atom stereocenters. The van der Waals surface area contributed by atoms with E-state index in [1.165, 1.54) is 0 Å². The molecule has 1 fully saturated rings. The number of hydrogen-bond acceptors (Lipinski definition) is 5. The van der Waals surface area contributed by atoms with Gasteiger partial charge in [-0.3, -0.25) is 20.0 Å². The van der Waals surface area contributed by atoms with Gasteiger partial charge in [0.1, 0.15) is 5.84 Å². The summed E-state index contributed by atoms with van der Waals surface area (Å²) in [7, 11) is 3.69. The number of amidine groups is 1. The van der Waals surface area contributed by atoms with E-state index >= 15 is 0 Å². The lowest BCUT2D eigenvalue weighted by Gasteiger charge is -2.50. The van der Waals surface area contributed by atoms with Crippen LogP contribution in [-0.4, -0.2) is 62.5 Å². The second-order valence-corrected chi connectivity index (χ2v) is 12.2. The number of carbonyl (C=O) groups is 2. The van der Waals surface area contributed by atoms with E-state index in [9.17, 15) is 9.59 Å². The van der Waals surface area contributed by atoms with E-state index in [4.69, 9.17) is 11.6 Å². The summed E-state index contributed by atoms with van der Waals surface area (Å²) in [6.07, 6.45) is 5.00. The number of halogens is 1. The van der Waals surface area contributed by atoms with E-state index in [2.05, 4.69) is 60.3 Å². The van der Waals surface area contributed by atoms with Gasteiger partial charge in [0.2, 0.25) is 6.41 Å². The maximum Gasteiger partial charge on any atom is 0.251 e. The molecule has 0 spiro atoms. The minimum Gasteiger partial charge on any atom is -0.372 e. The number of carbonyl (C=O) groups excluding carboxylic acids is 2. The van der Waals surface area contributed by atoms with Crippen LogP contribution in [0.5, 0.6) is 0 Å². The van der Waals surface area contributed by atoms with Crippen molar-refractivity contribution in [1.82, 2.24) is 15.6 Å². The standard InChI is InChI=1S/C31H43ClN6O2/c1-30(2,3)25-15-17-31(18-16-25,21-37(6)27-13-11-26(32)12-14-27)38(22-39)20-23-7-9-24(10-8-23)29(40)35-19-28(33-4)36-34-5/h7-14,22,25H,5,15-21H2,1-4,6H3,(H,33,36)(H,35,40). The van der Waals surface area contributed by atoms with E-state index < -0.39 is 0 Å². The Labute approximate surface area is 243 Å². The SMILES string of the molecule is C=NNC(CNC(=O)c1ccc(CN(C=O)C2(CN(C)c3ccc(Cl)cc3)CCC(C(C)(C)C)CC2)cc1)=NC. The molecule has 0 bridgehead atoms. The second-order valence-electron chi connectivity index (χ2n) is 11.8. The first-order valence-electron chi connectivity index (χ1n) is 13.7. The van der Waals surface area contributed by atoms with Crippen LogP contribution < -0.4 is 15.6 Å². The fraction of sp³-hybridized carbons (Fsp3) is 0.484. The van der Waals surface area contributed by atoms with Gasteiger partial charge < -0.3 is 15.1 Å². The van der Waals surface area contributed by atoms with Gasteiger partial charge in [0.15, 0.2) is 0 Å². The zero-order chi connectivity index (χ0) is 29.3. The summed E-state index contributed by atoms with van der Waals surface area (Å²) in [6, 6.07) is 15.2. The number of likely N-dealkylation sites (N-methyl/N-ethyl adjacent to an activating group) is 1. The monoisotopic (exact) mass is 566 g/mol. The van der Waals surface area contributed by atoms with Gasteiger partial charge in [0.25, 0.3) is 5.91 Å². The number of benzene rings is 2. The highest BCUT2D eigenvalue weighted by Gasteiger charge is 2.43. The van der Waals surface area contributed by atoms with Crippen LogP contribution in [0.15, 0.2) is 58.6 Å². The van der Waals surface area contributed by atoms with Gasteiger partial charge in [-0.2, -0.15) is 5.10 Å². The van der Waals surface area contributed by atoms with Crippen LogP contribution in [0.2, 0.25) is 5.02 Å². The van der Waals surface area contributed by atoms with E-state index in [1.807, 2.05) is 41.3 Å². The van der Waals surface area contributed by atoms with Crippen LogP contribution in [0.25, 0.3) is 0 Å². The zero-order valence-electron chi connectivity index (χ0n) is 24.4. The molecular formula is C31H43ClN6O2. The van der Waals surface area contributed by atoms with Crippen LogP contribution in [0, 0.1) is 11.3 Å². The third-order valence-corrected chi connectivity index (χ3v) is 8.39. The summed E-state index contributed by atoms with van der Waals surface area (Å²) in [6.45, 7) is 11.7. The highest BCUT2D eigenvalue weighted by molar-refractivity contribution is 6.30. The zero-order valence-corrected chi connectivity index (χ0v) is 25.2. The molecule has 9 heteroatoms. The molecule has 40 heavy (non-hydrogen) atoms. The summed E-state index contributed by atoms with van der Waals surface area (Å²) in [5.41, 5.74) is 5.15. The molecule has 0 saturated heterocycles. The number of aliphatic imine (C=N–C) groups is 1. The van der Waals surface area contributed by atoms with Gasteiger partial charge in [-0.1, -0.05) is 44.5 Å². The highest BCUT2D eigenvalue weighted by Crippen LogP contribution is 2.44. The van der Waals surface area contributed by atoms with Crippen LogP contribution >= 0.6 is 11.6 Å². The minimum atomic E-state index is -0.310. The van der Waals surface area contributed by atoms with E-state index in [1.54, 1.807) is 19.2 Å². The lowest BCUT2D eigenvalue weighted by Crippen LogP contribution is -2.57. The third-order valence-electron chi connectivity index (χ3n) is 8.14. The molecule has 1 aliphatic carbocycles. The van der Waals surface area contributed by atoms with Crippen LogP contribution in [0.1, 0.15) is 62.4 Å². The topological polar surface area (TPSA) is 89.4 Å². The van der Waals surface area contributed by atoms with Crippen molar-refractivity contribution in [3.05, 3.63) is 64.7 Å². The van der Waals surface area contributed by atoms with Gasteiger partial charge in [-0.05, 0) is 79.0 Å². The predicted molar refractivity (Wildman–Crippen MR) is 165 cm³/mol. The summed E-state index contributed by atoms with van der Waals surface area (Å²) in [4.78, 5) is 33.5. The fourth-order valence-corrected chi connectivity index (χ4v) is 5.71. The Morgan fingerprint density at radius 3 is 2.27 bits per heavy atom. The first kappa shape index (κ1) is 31.1. The molecular weight excluding hydrogens is 524 g/mol. The van der Waals surface area contributed by atoms with Crippen LogP contribution in [0.4, 0.5) is 5.69 Å². The molecule has 1 saturated carbocycles. The van der Waals surface area contributed by atoms with E-state index in [0.29, 0.717) is 28.9 Å². The Kier molecular flexibility index (Phi) is 10.7. The largest absolute Gasteiger partial charge is 0.372 e. The minimum absolute atomic E-state index is 0.215. The average molecular weight is 567 g/mol. The lowest BCUT2D eigenvalue weighted by atomic mass is 9.66. The van der Waals surface area contributed by atoms with Crippen molar-refractivity contribution in [1.29, 1.82) is 0 Å². The van der Waals surface area contributed by atoms with Crippen LogP contribution in [0.3, 0.4) is 0 Å². The van der Waals surface area contributed by atoms with Crippen molar-refractivity contribution in [2.75, 3.05) is 32.1 Å². The molecule has 0 aromatic heterocycles. The number of anilines is 1. The summed E-state index contributed by atoms with van der Waals surface area (Å²) in [5.74, 6) is 0.910. The Morgan fingerprint density at radius 1 is 1.12 bits per heavy atom. The number of nitrogens with one attached hydrogen (secondary N) is 2. The van der Waals surface area contributed by atoms with Crippen molar-refractivity contribution < 1.29 is 9.59 Å². The molecule has 0 aliphatic heterocycles. The van der Waals surface area contributed by atoms with Crippen LogP contribution in [-0.2, 0) is 11.3 Å². The van der Waals surface area contributed by atoms with Crippen molar-refractivity contribution in [3.8, 4) is 0 Å². The predicted octanol–water partition coefficient (Wildman–Crippen LogP) is 5.37.